The third-order valence-corrected chi connectivity index (χ3v) is 13.3. The summed E-state index contributed by atoms with van der Waals surface area (Å²) in [5, 5.41) is 0.640. The molecule has 6 atom stereocenters. The van der Waals surface area contributed by atoms with Gasteiger partial charge in [-0.1, -0.05) is 127 Å². The summed E-state index contributed by atoms with van der Waals surface area (Å²) in [5.41, 5.74) is 7.51. The fraction of sp³-hybridized carbons (Fsp3) is 0.304. The average molecular weight is 839 g/mol. The Kier molecular flexibility index (Phi) is 12.0. The van der Waals surface area contributed by atoms with Gasteiger partial charge in [-0.25, -0.2) is 9.59 Å². The van der Waals surface area contributed by atoms with Crippen LogP contribution in [0.3, 0.4) is 0 Å². The number of carbonyl (C=O) groups excluding carboxylic acids is 2. The fourth-order valence-electron chi connectivity index (χ4n) is 9.95. The second-order valence-corrected chi connectivity index (χ2v) is 18.0. The lowest BCUT2D eigenvalue weighted by molar-refractivity contribution is -0.192. The number of carbonyl (C=O) groups is 2. The first kappa shape index (κ1) is 41.9. The van der Waals surface area contributed by atoms with Gasteiger partial charge >= 0.3 is 17.6 Å². The molecule has 4 heterocycles. The first-order chi connectivity index (χ1) is 30.6. The third-order valence-electron chi connectivity index (χ3n) is 13.3. The molecule has 10 rings (SSSR count). The van der Waals surface area contributed by atoms with Crippen molar-refractivity contribution in [3.05, 3.63) is 206 Å². The van der Waals surface area contributed by atoms with E-state index in [2.05, 4.69) is 97.1 Å². The Hall–Kier alpha value is -6.47. The molecule has 2 bridgehead atoms. The van der Waals surface area contributed by atoms with E-state index < -0.39 is 35.4 Å². The summed E-state index contributed by atoms with van der Waals surface area (Å²) in [4.78, 5) is 42.3. The molecule has 5 aromatic carbocycles. The van der Waals surface area contributed by atoms with E-state index in [0.717, 1.165) is 36.0 Å². The number of ether oxygens (including phenoxy) is 3. The zero-order valence-electron chi connectivity index (χ0n) is 36.3. The van der Waals surface area contributed by atoms with Crippen LogP contribution in [-0.2, 0) is 38.3 Å². The van der Waals surface area contributed by atoms with Crippen molar-refractivity contribution in [1.82, 2.24) is 0 Å². The van der Waals surface area contributed by atoms with E-state index in [1.54, 1.807) is 6.07 Å². The molecular formula is C56H54O7. The quantitative estimate of drug-likeness (QED) is 0.0684. The first-order valence-electron chi connectivity index (χ1n) is 22.4. The SMILES string of the molecule is CC(C)=C1CCc2ccc(cc2)C2C=CC(c3cccc(Cc4ccccc4)c3)CC2CC(=O)OC2c3c(ccc4ccc(=O)oc34)OC(C)(CCCc3ccccc3)C2OC1=O. The molecule has 7 heteroatoms. The molecule has 0 N–H and O–H groups in total. The molecule has 6 unspecified atom stereocenters. The maximum atomic E-state index is 14.9. The third kappa shape index (κ3) is 9.20. The summed E-state index contributed by atoms with van der Waals surface area (Å²) in [6, 6.07) is 44.8. The van der Waals surface area contributed by atoms with Crippen LogP contribution >= 0.6 is 0 Å². The van der Waals surface area contributed by atoms with Crippen molar-refractivity contribution in [1.29, 1.82) is 0 Å². The smallest absolute Gasteiger partial charge is 0.336 e. The predicted octanol–water partition coefficient (Wildman–Crippen LogP) is 11.9. The maximum Gasteiger partial charge on any atom is 0.336 e. The van der Waals surface area contributed by atoms with Crippen LogP contribution in [0.2, 0.25) is 0 Å². The number of rotatable bonds is 7. The molecule has 0 fully saturated rings. The largest absolute Gasteiger partial charge is 0.483 e. The Bertz CT molecular complexity index is 2730. The Morgan fingerprint density at radius 2 is 1.44 bits per heavy atom. The van der Waals surface area contributed by atoms with Crippen LogP contribution in [0.25, 0.3) is 11.0 Å². The van der Waals surface area contributed by atoms with Crippen LogP contribution in [0.4, 0.5) is 0 Å². The van der Waals surface area contributed by atoms with Gasteiger partial charge in [-0.3, -0.25) is 4.79 Å². The van der Waals surface area contributed by atoms with Crippen LogP contribution in [-0.4, -0.2) is 23.6 Å². The molecule has 63 heavy (non-hydrogen) atoms. The van der Waals surface area contributed by atoms with Crippen molar-refractivity contribution in [3.8, 4) is 5.75 Å². The fourth-order valence-corrected chi connectivity index (χ4v) is 9.95. The molecule has 0 radical (unpaired) electrons. The van der Waals surface area contributed by atoms with Crippen LogP contribution in [0.5, 0.6) is 5.75 Å². The van der Waals surface area contributed by atoms with E-state index in [0.29, 0.717) is 48.0 Å². The molecule has 0 saturated carbocycles. The summed E-state index contributed by atoms with van der Waals surface area (Å²) in [6.07, 6.45) is 7.14. The molecule has 6 aromatic rings. The molecule has 0 amide bonds. The minimum atomic E-state index is -1.13. The lowest BCUT2D eigenvalue weighted by atomic mass is 9.72. The van der Waals surface area contributed by atoms with E-state index >= 15 is 0 Å². The van der Waals surface area contributed by atoms with Crippen molar-refractivity contribution < 1.29 is 28.2 Å². The van der Waals surface area contributed by atoms with Gasteiger partial charge in [0, 0.05) is 35.3 Å². The molecule has 3 aliphatic heterocycles. The maximum absolute atomic E-state index is 14.9. The molecule has 4 aliphatic rings. The summed E-state index contributed by atoms with van der Waals surface area (Å²) in [6.45, 7) is 5.78. The Morgan fingerprint density at radius 1 is 0.714 bits per heavy atom. The van der Waals surface area contributed by atoms with Crippen LogP contribution in [0.15, 0.2) is 166 Å². The molecule has 0 saturated heterocycles. The minimum absolute atomic E-state index is 0.0331. The van der Waals surface area contributed by atoms with Crippen molar-refractivity contribution >= 4 is 22.9 Å². The van der Waals surface area contributed by atoms with Gasteiger partial charge in [0.05, 0.1) is 5.56 Å². The van der Waals surface area contributed by atoms with Crippen molar-refractivity contribution in [3.63, 3.8) is 0 Å². The van der Waals surface area contributed by atoms with Gasteiger partial charge in [0.25, 0.3) is 0 Å². The van der Waals surface area contributed by atoms with E-state index in [1.165, 1.54) is 28.3 Å². The second kappa shape index (κ2) is 18.1. The molecule has 0 spiro atoms. The number of aryl methyl sites for hydroxylation is 2. The van der Waals surface area contributed by atoms with Gasteiger partial charge in [0.2, 0.25) is 0 Å². The number of allylic oxidation sites excluding steroid dienone is 3. The van der Waals surface area contributed by atoms with Crippen molar-refractivity contribution in [2.75, 3.05) is 0 Å². The average Bonchev–Trinajstić information content (AvgIpc) is 3.28. The highest BCUT2D eigenvalue weighted by Crippen LogP contribution is 2.49. The number of hydrogen-bond acceptors (Lipinski definition) is 7. The number of esters is 2. The van der Waals surface area contributed by atoms with Gasteiger partial charge in [0.1, 0.15) is 16.9 Å². The van der Waals surface area contributed by atoms with Crippen LogP contribution in [0.1, 0.15) is 110 Å². The number of hydrogen-bond donors (Lipinski definition) is 0. The van der Waals surface area contributed by atoms with E-state index in [-0.39, 0.29) is 29.8 Å². The predicted molar refractivity (Wildman–Crippen MR) is 246 cm³/mol. The van der Waals surface area contributed by atoms with Gasteiger partial charge < -0.3 is 18.6 Å². The summed E-state index contributed by atoms with van der Waals surface area (Å²) in [7, 11) is 0. The molecule has 320 valence electrons. The lowest BCUT2D eigenvalue weighted by Gasteiger charge is -2.45. The van der Waals surface area contributed by atoms with E-state index in [1.807, 2.05) is 57.2 Å². The van der Waals surface area contributed by atoms with E-state index in [4.69, 9.17) is 18.6 Å². The minimum Gasteiger partial charge on any atom is -0.483 e. The molecule has 7 nitrogen and oxygen atoms in total. The normalized spacial score (nSPS) is 23.5. The summed E-state index contributed by atoms with van der Waals surface area (Å²) in [5.74, 6) is -0.537. The number of benzene rings is 5. The zero-order chi connectivity index (χ0) is 43.5. The van der Waals surface area contributed by atoms with Gasteiger partial charge in [0.15, 0.2) is 12.2 Å². The van der Waals surface area contributed by atoms with Crippen molar-refractivity contribution in [2.45, 2.75) is 102 Å². The van der Waals surface area contributed by atoms with Crippen molar-refractivity contribution in [2.24, 2.45) is 5.92 Å². The Morgan fingerprint density at radius 3 is 2.21 bits per heavy atom. The monoisotopic (exact) mass is 838 g/mol. The first-order valence-corrected chi connectivity index (χ1v) is 22.4. The number of fused-ring (bicyclic) bond motifs is 11. The van der Waals surface area contributed by atoms with Gasteiger partial charge in [-0.2, -0.15) is 0 Å². The highest BCUT2D eigenvalue weighted by atomic mass is 16.6. The second-order valence-electron chi connectivity index (χ2n) is 18.0. The summed E-state index contributed by atoms with van der Waals surface area (Å²) >= 11 is 0. The van der Waals surface area contributed by atoms with E-state index in [9.17, 15) is 14.4 Å². The van der Waals surface area contributed by atoms with Crippen LogP contribution < -0.4 is 10.4 Å². The zero-order valence-corrected chi connectivity index (χ0v) is 36.3. The summed E-state index contributed by atoms with van der Waals surface area (Å²) < 4.78 is 26.2. The lowest BCUT2D eigenvalue weighted by Crippen LogP contribution is -2.54. The highest BCUT2D eigenvalue weighted by Gasteiger charge is 2.53. The Labute approximate surface area is 369 Å². The topological polar surface area (TPSA) is 92.0 Å². The van der Waals surface area contributed by atoms with Crippen LogP contribution in [0, 0.1) is 5.92 Å². The van der Waals surface area contributed by atoms with Gasteiger partial charge in [-0.15, -0.1) is 0 Å². The molecular weight excluding hydrogens is 785 g/mol. The molecule has 1 aromatic heterocycles. The van der Waals surface area contributed by atoms with Gasteiger partial charge in [-0.05, 0) is 123 Å². The molecule has 1 aliphatic carbocycles. The Balaban J connectivity index is 1.11. The standard InChI is InChI=1S/C56H54O7/c1-36(2)46-27-21-38-19-22-41(23-20-38)47-28-24-44(43-18-10-16-40(33-43)32-39-14-8-5-9-15-39)34-45(47)35-50(58)61-53-51-48(29-25-42-26-30-49(57)60-52(42)51)63-56(3,54(53)62-55(46)59)31-11-17-37-12-6-4-7-13-37/h4-10,12-16,18-20,22-26,28-30,33,44-45,47,53-54H,11,17,21,27,31-32,34-35H2,1-3H3. The highest BCUT2D eigenvalue weighted by molar-refractivity contribution is 5.90.